The summed E-state index contributed by atoms with van der Waals surface area (Å²) in [7, 11) is 4.60. The molecule has 1 amide bonds. The third-order valence-electron chi connectivity index (χ3n) is 5.73. The maximum Gasteiger partial charge on any atom is 0.251 e. The molecule has 1 fully saturated rings. The molecule has 0 saturated carbocycles. The minimum atomic E-state index is -0.203. The fourth-order valence-electron chi connectivity index (χ4n) is 4.09. The smallest absolute Gasteiger partial charge is 0.251 e. The molecule has 1 saturated heterocycles. The van der Waals surface area contributed by atoms with Gasteiger partial charge in [-0.15, -0.1) is 0 Å². The van der Waals surface area contributed by atoms with Crippen LogP contribution in [0, 0.1) is 0 Å². The highest BCUT2D eigenvalue weighted by molar-refractivity contribution is 6.31. The third kappa shape index (κ3) is 5.63. The normalized spacial score (nSPS) is 15.6. The van der Waals surface area contributed by atoms with Crippen molar-refractivity contribution in [2.75, 3.05) is 41.0 Å². The van der Waals surface area contributed by atoms with E-state index in [-0.39, 0.29) is 11.9 Å². The number of likely N-dealkylation sites (tertiary alicyclic amines) is 1. The van der Waals surface area contributed by atoms with E-state index in [1.54, 1.807) is 12.1 Å². The summed E-state index contributed by atoms with van der Waals surface area (Å²) in [6.45, 7) is 2.45. The minimum absolute atomic E-state index is 0.0118. The van der Waals surface area contributed by atoms with E-state index in [4.69, 9.17) is 25.8 Å². The Morgan fingerprint density at radius 3 is 2.16 bits per heavy atom. The Hall–Kier alpha value is -2.44. The number of benzene rings is 2. The monoisotopic (exact) mass is 446 g/mol. The first-order valence-corrected chi connectivity index (χ1v) is 11.0. The number of hydrogen-bond acceptors (Lipinski definition) is 5. The SMILES string of the molecule is COc1cc(C(=O)NC[C@H](c2ccccc2Cl)N2CCCCCC2)cc(OC)c1OC. The molecular formula is C24H31ClN2O4. The lowest BCUT2D eigenvalue weighted by Crippen LogP contribution is -2.38. The Balaban J connectivity index is 1.82. The van der Waals surface area contributed by atoms with Crippen molar-refractivity contribution in [3.63, 3.8) is 0 Å². The molecule has 1 N–H and O–H groups in total. The van der Waals surface area contributed by atoms with Crippen LogP contribution in [0.2, 0.25) is 5.02 Å². The zero-order valence-corrected chi connectivity index (χ0v) is 19.2. The van der Waals surface area contributed by atoms with Gasteiger partial charge in [-0.2, -0.15) is 0 Å². The van der Waals surface area contributed by atoms with E-state index in [1.165, 1.54) is 34.2 Å². The number of nitrogens with zero attached hydrogens (tertiary/aromatic N) is 1. The minimum Gasteiger partial charge on any atom is -0.493 e. The topological polar surface area (TPSA) is 60.0 Å². The van der Waals surface area contributed by atoms with Crippen LogP contribution in [0.5, 0.6) is 17.2 Å². The zero-order valence-electron chi connectivity index (χ0n) is 18.4. The molecule has 0 bridgehead atoms. The van der Waals surface area contributed by atoms with Crippen LogP contribution in [-0.2, 0) is 0 Å². The number of carbonyl (C=O) groups is 1. The molecule has 2 aromatic carbocycles. The van der Waals surface area contributed by atoms with E-state index in [1.807, 2.05) is 24.3 Å². The van der Waals surface area contributed by atoms with Gasteiger partial charge < -0.3 is 19.5 Å². The van der Waals surface area contributed by atoms with Crippen LogP contribution in [-0.4, -0.2) is 51.8 Å². The van der Waals surface area contributed by atoms with Crippen molar-refractivity contribution >= 4 is 17.5 Å². The van der Waals surface area contributed by atoms with Gasteiger partial charge in [0, 0.05) is 17.1 Å². The number of nitrogens with one attached hydrogen (secondary N) is 1. The zero-order chi connectivity index (χ0) is 22.2. The first kappa shape index (κ1) is 23.2. The van der Waals surface area contributed by atoms with Gasteiger partial charge in [0.2, 0.25) is 5.75 Å². The van der Waals surface area contributed by atoms with Gasteiger partial charge in [0.05, 0.1) is 27.4 Å². The molecule has 0 radical (unpaired) electrons. The van der Waals surface area contributed by atoms with E-state index in [9.17, 15) is 4.79 Å². The first-order valence-electron chi connectivity index (χ1n) is 10.7. The van der Waals surface area contributed by atoms with E-state index >= 15 is 0 Å². The predicted molar refractivity (Wildman–Crippen MR) is 123 cm³/mol. The fourth-order valence-corrected chi connectivity index (χ4v) is 4.35. The molecule has 7 heteroatoms. The molecule has 1 heterocycles. The standard InChI is InChI=1S/C24H31ClN2O4/c1-29-21-14-17(15-22(30-2)23(21)31-3)24(28)26-16-20(18-10-6-7-11-19(18)25)27-12-8-4-5-9-13-27/h6-7,10-11,14-15,20H,4-5,8-9,12-13,16H2,1-3H3,(H,26,28)/t20-/m1/s1. The lowest BCUT2D eigenvalue weighted by atomic mass is 10.0. The Kier molecular flexibility index (Phi) is 8.43. The summed E-state index contributed by atoms with van der Waals surface area (Å²) in [5, 5.41) is 3.81. The van der Waals surface area contributed by atoms with Gasteiger partial charge in [-0.25, -0.2) is 0 Å². The Morgan fingerprint density at radius 1 is 1.00 bits per heavy atom. The van der Waals surface area contributed by atoms with Crippen LogP contribution in [0.1, 0.15) is 47.6 Å². The summed E-state index contributed by atoms with van der Waals surface area (Å²) < 4.78 is 16.1. The number of hydrogen-bond donors (Lipinski definition) is 1. The summed E-state index contributed by atoms with van der Waals surface area (Å²) in [6.07, 6.45) is 4.79. The number of halogens is 1. The number of methoxy groups -OCH3 is 3. The average Bonchev–Trinajstić information content (AvgIpc) is 3.08. The number of rotatable bonds is 8. The van der Waals surface area contributed by atoms with Gasteiger partial charge in [0.15, 0.2) is 11.5 Å². The second-order valence-electron chi connectivity index (χ2n) is 7.61. The summed E-state index contributed by atoms with van der Waals surface area (Å²) >= 11 is 6.54. The van der Waals surface area contributed by atoms with Gasteiger partial charge in [-0.1, -0.05) is 42.6 Å². The molecule has 6 nitrogen and oxygen atoms in total. The molecule has 168 valence electrons. The van der Waals surface area contributed by atoms with Crippen molar-refractivity contribution < 1.29 is 19.0 Å². The molecule has 1 aliphatic rings. The Morgan fingerprint density at radius 2 is 1.61 bits per heavy atom. The van der Waals surface area contributed by atoms with Gasteiger partial charge >= 0.3 is 0 Å². The highest BCUT2D eigenvalue weighted by Crippen LogP contribution is 2.38. The van der Waals surface area contributed by atoms with E-state index in [2.05, 4.69) is 10.2 Å². The Labute approximate surface area is 189 Å². The molecule has 0 spiro atoms. The highest BCUT2D eigenvalue weighted by atomic mass is 35.5. The number of amides is 1. The maximum atomic E-state index is 13.0. The first-order chi connectivity index (χ1) is 15.1. The van der Waals surface area contributed by atoms with E-state index in [0.29, 0.717) is 29.4 Å². The van der Waals surface area contributed by atoms with Crippen LogP contribution in [0.4, 0.5) is 0 Å². The fraction of sp³-hybridized carbons (Fsp3) is 0.458. The van der Waals surface area contributed by atoms with Crippen molar-refractivity contribution in [2.24, 2.45) is 0 Å². The van der Waals surface area contributed by atoms with Crippen LogP contribution < -0.4 is 19.5 Å². The summed E-state index contributed by atoms with van der Waals surface area (Å²) in [5.41, 5.74) is 1.49. The summed E-state index contributed by atoms with van der Waals surface area (Å²) in [4.78, 5) is 15.5. The van der Waals surface area contributed by atoms with Crippen LogP contribution in [0.15, 0.2) is 36.4 Å². The second kappa shape index (κ2) is 11.3. The summed E-state index contributed by atoms with van der Waals surface area (Å²) in [6, 6.07) is 11.2. The van der Waals surface area contributed by atoms with Gasteiger partial charge in [0.1, 0.15) is 0 Å². The molecule has 0 aromatic heterocycles. The molecular weight excluding hydrogens is 416 g/mol. The molecule has 2 aromatic rings. The Bertz CT molecular complexity index is 857. The van der Waals surface area contributed by atoms with Crippen LogP contribution in [0.25, 0.3) is 0 Å². The summed E-state index contributed by atoms with van der Waals surface area (Å²) in [5.74, 6) is 1.15. The molecule has 1 atom stereocenters. The predicted octanol–water partition coefficient (Wildman–Crippen LogP) is 4.71. The molecule has 1 aliphatic heterocycles. The van der Waals surface area contributed by atoms with Gasteiger partial charge in [-0.05, 0) is 49.7 Å². The lowest BCUT2D eigenvalue weighted by Gasteiger charge is -2.32. The van der Waals surface area contributed by atoms with Crippen molar-refractivity contribution in [2.45, 2.75) is 31.7 Å². The van der Waals surface area contributed by atoms with Crippen molar-refractivity contribution in [1.29, 1.82) is 0 Å². The average molecular weight is 447 g/mol. The second-order valence-corrected chi connectivity index (χ2v) is 8.02. The van der Waals surface area contributed by atoms with Gasteiger partial charge in [0.25, 0.3) is 5.91 Å². The van der Waals surface area contributed by atoms with Gasteiger partial charge in [-0.3, -0.25) is 9.69 Å². The molecule has 31 heavy (non-hydrogen) atoms. The van der Waals surface area contributed by atoms with Crippen molar-refractivity contribution in [3.05, 3.63) is 52.5 Å². The third-order valence-corrected chi connectivity index (χ3v) is 6.07. The highest BCUT2D eigenvalue weighted by Gasteiger charge is 2.25. The van der Waals surface area contributed by atoms with Crippen LogP contribution in [0.3, 0.4) is 0 Å². The number of carbonyl (C=O) groups excluding carboxylic acids is 1. The van der Waals surface area contributed by atoms with E-state index < -0.39 is 0 Å². The number of ether oxygens (including phenoxy) is 3. The van der Waals surface area contributed by atoms with E-state index in [0.717, 1.165) is 36.5 Å². The largest absolute Gasteiger partial charge is 0.493 e. The quantitative estimate of drug-likeness (QED) is 0.636. The maximum absolute atomic E-state index is 13.0. The van der Waals surface area contributed by atoms with Crippen LogP contribution >= 0.6 is 11.6 Å². The molecule has 0 aliphatic carbocycles. The van der Waals surface area contributed by atoms with Crippen molar-refractivity contribution in [1.82, 2.24) is 10.2 Å². The molecule has 0 unspecified atom stereocenters. The lowest BCUT2D eigenvalue weighted by molar-refractivity contribution is 0.0932. The van der Waals surface area contributed by atoms with Crippen molar-refractivity contribution in [3.8, 4) is 17.2 Å². The molecule has 3 rings (SSSR count).